The van der Waals surface area contributed by atoms with Gasteiger partial charge in [-0.3, -0.25) is 18.6 Å². The number of carbonyl (C=O) groups excluding carboxylic acids is 2. The van der Waals surface area contributed by atoms with Crippen LogP contribution in [-0.2, 0) is 32.7 Å². The number of allylic oxidation sites excluding steroid dienone is 30. The van der Waals surface area contributed by atoms with E-state index in [4.69, 9.17) is 24.3 Å². The Bertz CT molecular complexity index is 1940. The number of carbonyl (C=O) groups is 2. The largest absolute Gasteiger partial charge is 0.472 e. The lowest BCUT2D eigenvalue weighted by molar-refractivity contribution is -0.161. The molecule has 0 radical (unpaired) electrons. The number of rotatable bonds is 54. The van der Waals surface area contributed by atoms with Gasteiger partial charge in [-0.25, -0.2) is 4.57 Å². The van der Waals surface area contributed by atoms with Gasteiger partial charge in [-0.15, -0.1) is 0 Å². The van der Waals surface area contributed by atoms with E-state index in [-0.39, 0.29) is 32.6 Å². The summed E-state index contributed by atoms with van der Waals surface area (Å²) in [6.45, 7) is 3.50. The molecule has 10 heteroatoms. The molecule has 0 fully saturated rings. The van der Waals surface area contributed by atoms with Gasteiger partial charge in [0.1, 0.15) is 6.61 Å². The summed E-state index contributed by atoms with van der Waals surface area (Å²) < 4.78 is 32.9. The first-order chi connectivity index (χ1) is 38.8. The van der Waals surface area contributed by atoms with Gasteiger partial charge in [0.15, 0.2) is 6.10 Å². The Morgan fingerprint density at radius 3 is 1.06 bits per heavy atom. The molecular weight excluding hydrogens is 1000 g/mol. The van der Waals surface area contributed by atoms with Gasteiger partial charge in [0.25, 0.3) is 0 Å². The molecule has 0 rings (SSSR count). The van der Waals surface area contributed by atoms with Crippen LogP contribution in [0.25, 0.3) is 0 Å². The Labute approximate surface area is 482 Å². The summed E-state index contributed by atoms with van der Waals surface area (Å²) in [7, 11) is -4.42. The van der Waals surface area contributed by atoms with Crippen molar-refractivity contribution in [1.29, 1.82) is 0 Å². The molecule has 0 saturated heterocycles. The van der Waals surface area contributed by atoms with Gasteiger partial charge in [-0.2, -0.15) is 0 Å². The minimum atomic E-state index is -4.42. The maximum atomic E-state index is 12.7. The van der Waals surface area contributed by atoms with E-state index in [1.54, 1.807) is 0 Å². The minimum Gasteiger partial charge on any atom is -0.462 e. The third-order valence-corrected chi connectivity index (χ3v) is 12.8. The van der Waals surface area contributed by atoms with Crippen molar-refractivity contribution in [2.24, 2.45) is 5.73 Å². The maximum absolute atomic E-state index is 12.7. The van der Waals surface area contributed by atoms with E-state index >= 15 is 0 Å². The Balaban J connectivity index is 4.14. The standard InChI is InChI=1S/C69H108NO8P/c1-3-5-7-9-11-13-15-17-19-21-23-24-25-26-27-28-29-30-31-32-33-34-35-36-37-38-39-40-41-42-44-46-48-50-52-54-56-58-60-62-69(72)78-67(66-77-79(73,74)76-64-63-70)65-75-68(71)61-59-57-55-53-51-49-47-45-43-22-20-18-16-14-12-10-8-6-4-2/h5,7,11-14,17-20,23-24,26-27,29-30,32-33,35-36,38-39,41-43,45-46,48,52,54,67H,3-4,6,8-10,15-16,21-22,25,28,31,34,37,40,44,47,49-51,53,55-66,70H2,1-2H3,(H,73,74)/b7-5-,13-11-,14-12-,19-17-,20-18-,24-23-,27-26-,30-29-,33-32-,36-35-,39-38-,42-41-,45-43-,48-46-,54-52-. The third-order valence-electron chi connectivity index (χ3n) is 11.8. The predicted molar refractivity (Wildman–Crippen MR) is 339 cm³/mol. The quantitative estimate of drug-likeness (QED) is 0.0264. The smallest absolute Gasteiger partial charge is 0.462 e. The van der Waals surface area contributed by atoms with Crippen LogP contribution in [0.4, 0.5) is 0 Å². The molecule has 0 aliphatic rings. The Morgan fingerprint density at radius 1 is 0.392 bits per heavy atom. The average molecular weight is 1110 g/mol. The van der Waals surface area contributed by atoms with Crippen LogP contribution in [0.5, 0.6) is 0 Å². The monoisotopic (exact) mass is 1110 g/mol. The van der Waals surface area contributed by atoms with Crippen molar-refractivity contribution in [2.75, 3.05) is 26.4 Å². The molecule has 3 N–H and O–H groups in total. The summed E-state index contributed by atoms with van der Waals surface area (Å²) in [5.41, 5.74) is 5.37. The van der Waals surface area contributed by atoms with Crippen LogP contribution in [-0.4, -0.2) is 49.3 Å². The molecule has 0 aromatic heterocycles. The highest BCUT2D eigenvalue weighted by Crippen LogP contribution is 2.43. The molecule has 79 heavy (non-hydrogen) atoms. The van der Waals surface area contributed by atoms with E-state index in [0.29, 0.717) is 12.8 Å². The highest BCUT2D eigenvalue weighted by molar-refractivity contribution is 7.47. The highest BCUT2D eigenvalue weighted by atomic mass is 31.2. The van der Waals surface area contributed by atoms with Gasteiger partial charge in [0.2, 0.25) is 0 Å². The lowest BCUT2D eigenvalue weighted by Gasteiger charge is -2.19. The van der Waals surface area contributed by atoms with Crippen LogP contribution in [0.15, 0.2) is 182 Å². The number of hydrogen-bond acceptors (Lipinski definition) is 8. The second-order valence-corrected chi connectivity index (χ2v) is 20.6. The Hall–Kier alpha value is -4.89. The Kier molecular flexibility index (Phi) is 58.5. The normalized spacial score (nSPS) is 14.3. The molecule has 2 unspecified atom stereocenters. The van der Waals surface area contributed by atoms with Gasteiger partial charge >= 0.3 is 19.8 Å². The molecule has 442 valence electrons. The second-order valence-electron chi connectivity index (χ2n) is 19.1. The summed E-state index contributed by atoms with van der Waals surface area (Å²) in [5.74, 6) is -0.910. The fourth-order valence-electron chi connectivity index (χ4n) is 7.33. The third kappa shape index (κ3) is 62.2. The van der Waals surface area contributed by atoms with E-state index in [0.717, 1.165) is 141 Å². The first-order valence-electron chi connectivity index (χ1n) is 30.3. The van der Waals surface area contributed by atoms with Crippen LogP contribution >= 0.6 is 7.82 Å². The SMILES string of the molecule is CC/C=C\C/C=C\C/C=C\C/C=C\C/C=C\C/C=C\C/C=C\C/C=C\C/C=C\C/C=C\C/C=C\C/C=C\CCCCC(=O)OC(COC(=O)CCCCCCCC/C=C\C/C=C\C/C=C\CCCCC)COP(=O)(O)OCCN. The molecular formula is C69H108NO8P. The van der Waals surface area contributed by atoms with Gasteiger partial charge in [0, 0.05) is 19.4 Å². The van der Waals surface area contributed by atoms with Gasteiger partial charge in [-0.1, -0.05) is 235 Å². The van der Waals surface area contributed by atoms with Crippen molar-refractivity contribution in [3.8, 4) is 0 Å². The molecule has 0 saturated carbocycles. The first kappa shape index (κ1) is 74.1. The second kappa shape index (κ2) is 62.3. The first-order valence-corrected chi connectivity index (χ1v) is 31.8. The Morgan fingerprint density at radius 2 is 0.696 bits per heavy atom. The van der Waals surface area contributed by atoms with E-state index in [1.165, 1.54) is 25.7 Å². The van der Waals surface area contributed by atoms with E-state index in [2.05, 4.69) is 196 Å². The van der Waals surface area contributed by atoms with Gasteiger partial charge in [0.05, 0.1) is 13.2 Å². The van der Waals surface area contributed by atoms with Crippen molar-refractivity contribution < 1.29 is 37.6 Å². The number of phosphoric ester groups is 1. The number of phosphoric acid groups is 1. The van der Waals surface area contributed by atoms with Crippen molar-refractivity contribution in [2.45, 2.75) is 213 Å². The molecule has 0 amide bonds. The van der Waals surface area contributed by atoms with Crippen LogP contribution < -0.4 is 5.73 Å². The number of unbranched alkanes of at least 4 members (excludes halogenated alkanes) is 11. The zero-order chi connectivity index (χ0) is 57.3. The van der Waals surface area contributed by atoms with Crippen LogP contribution in [0.1, 0.15) is 206 Å². The molecule has 0 aliphatic heterocycles. The van der Waals surface area contributed by atoms with E-state index < -0.39 is 32.5 Å². The zero-order valence-corrected chi connectivity index (χ0v) is 50.2. The maximum Gasteiger partial charge on any atom is 0.472 e. The highest BCUT2D eigenvalue weighted by Gasteiger charge is 2.26. The molecule has 0 aromatic carbocycles. The van der Waals surface area contributed by atoms with Gasteiger partial charge < -0.3 is 20.1 Å². The number of ether oxygens (including phenoxy) is 2. The van der Waals surface area contributed by atoms with Crippen molar-refractivity contribution >= 4 is 19.8 Å². The summed E-state index contributed by atoms with van der Waals surface area (Å²) in [6.07, 6.45) is 93.8. The summed E-state index contributed by atoms with van der Waals surface area (Å²) in [6, 6.07) is 0. The van der Waals surface area contributed by atoms with Crippen molar-refractivity contribution in [1.82, 2.24) is 0 Å². The average Bonchev–Trinajstić information content (AvgIpc) is 3.44. The molecule has 0 heterocycles. The van der Waals surface area contributed by atoms with Crippen LogP contribution in [0.2, 0.25) is 0 Å². The fourth-order valence-corrected chi connectivity index (χ4v) is 8.09. The number of esters is 2. The molecule has 0 aliphatic carbocycles. The molecule has 0 aromatic rings. The molecule has 0 bridgehead atoms. The lowest BCUT2D eigenvalue weighted by atomic mass is 10.1. The van der Waals surface area contributed by atoms with Gasteiger partial charge in [-0.05, 0) is 141 Å². The van der Waals surface area contributed by atoms with E-state index in [9.17, 15) is 19.0 Å². The number of nitrogens with two attached hydrogens (primary N) is 1. The lowest BCUT2D eigenvalue weighted by Crippen LogP contribution is -2.29. The topological polar surface area (TPSA) is 134 Å². The molecule has 9 nitrogen and oxygen atoms in total. The van der Waals surface area contributed by atoms with Crippen molar-refractivity contribution in [3.05, 3.63) is 182 Å². The summed E-state index contributed by atoms with van der Waals surface area (Å²) in [4.78, 5) is 35.2. The minimum absolute atomic E-state index is 0.0338. The van der Waals surface area contributed by atoms with Crippen LogP contribution in [0.3, 0.4) is 0 Å². The van der Waals surface area contributed by atoms with Crippen molar-refractivity contribution in [3.63, 3.8) is 0 Å². The zero-order valence-electron chi connectivity index (χ0n) is 49.3. The van der Waals surface area contributed by atoms with E-state index in [1.807, 2.05) is 0 Å². The molecule has 2 atom stereocenters. The fraction of sp³-hybridized carbons (Fsp3) is 0.536. The number of hydrogen-bond donors (Lipinski definition) is 2. The molecule has 0 spiro atoms. The summed E-state index contributed by atoms with van der Waals surface area (Å²) in [5, 5.41) is 0. The summed E-state index contributed by atoms with van der Waals surface area (Å²) >= 11 is 0. The van der Waals surface area contributed by atoms with Crippen LogP contribution in [0, 0.1) is 0 Å². The predicted octanol–water partition coefficient (Wildman–Crippen LogP) is 19.6.